The van der Waals surface area contributed by atoms with Gasteiger partial charge in [-0.2, -0.15) is 0 Å². The summed E-state index contributed by atoms with van der Waals surface area (Å²) in [6.07, 6.45) is 1.76. The van der Waals surface area contributed by atoms with Crippen LogP contribution in [0.3, 0.4) is 0 Å². The van der Waals surface area contributed by atoms with E-state index in [1.54, 1.807) is 0 Å². The van der Waals surface area contributed by atoms with Crippen molar-refractivity contribution in [2.24, 2.45) is 17.8 Å². The Morgan fingerprint density at radius 3 is 1.21 bits per heavy atom. The van der Waals surface area contributed by atoms with E-state index in [0.717, 1.165) is 12.8 Å². The van der Waals surface area contributed by atoms with Crippen LogP contribution in [0.1, 0.15) is 61.3 Å². The predicted molar refractivity (Wildman–Crippen MR) is 80.0 cm³/mol. The summed E-state index contributed by atoms with van der Waals surface area (Å²) in [5.41, 5.74) is 0. The van der Waals surface area contributed by atoms with Crippen molar-refractivity contribution < 1.29 is 14.2 Å². The molecule has 0 bridgehead atoms. The van der Waals surface area contributed by atoms with E-state index in [1.165, 1.54) is 0 Å². The highest BCUT2D eigenvalue weighted by Crippen LogP contribution is 2.25. The van der Waals surface area contributed by atoms with Gasteiger partial charge in [0.2, 0.25) is 0 Å². The van der Waals surface area contributed by atoms with Crippen LogP contribution in [0.15, 0.2) is 0 Å². The lowest BCUT2D eigenvalue weighted by molar-refractivity contribution is -0.389. The summed E-state index contributed by atoms with van der Waals surface area (Å²) in [5, 5.41) is 0. The lowest BCUT2D eigenvalue weighted by Gasteiger charge is -2.35. The zero-order valence-electron chi connectivity index (χ0n) is 14.0. The lowest BCUT2D eigenvalue weighted by atomic mass is 10.2. The van der Waals surface area contributed by atoms with Gasteiger partial charge in [0.25, 0.3) is 5.97 Å². The molecule has 0 aliphatic rings. The Morgan fingerprint density at radius 2 is 1.00 bits per heavy atom. The molecule has 3 heteroatoms. The molecule has 0 saturated carbocycles. The molecule has 0 unspecified atom stereocenters. The molecule has 116 valence electrons. The molecule has 0 aliphatic carbocycles. The van der Waals surface area contributed by atoms with E-state index < -0.39 is 5.97 Å². The van der Waals surface area contributed by atoms with Crippen LogP contribution in [-0.2, 0) is 14.2 Å². The van der Waals surface area contributed by atoms with Gasteiger partial charge in [-0.25, -0.2) is 0 Å². The second-order valence-corrected chi connectivity index (χ2v) is 6.55. The van der Waals surface area contributed by atoms with Gasteiger partial charge in [0, 0.05) is 6.42 Å². The van der Waals surface area contributed by atoms with Crippen molar-refractivity contribution in [2.75, 3.05) is 19.8 Å². The average molecular weight is 274 g/mol. The van der Waals surface area contributed by atoms with Crippen molar-refractivity contribution in [1.29, 1.82) is 0 Å². The molecule has 0 aliphatic heterocycles. The molecule has 0 fully saturated rings. The minimum absolute atomic E-state index is 0.474. The monoisotopic (exact) mass is 274 g/mol. The van der Waals surface area contributed by atoms with Gasteiger partial charge in [-0.1, -0.05) is 48.5 Å². The molecule has 0 aromatic rings. The maximum absolute atomic E-state index is 5.99. The van der Waals surface area contributed by atoms with Crippen molar-refractivity contribution in [1.82, 2.24) is 0 Å². The number of rotatable bonds is 11. The minimum Gasteiger partial charge on any atom is -0.327 e. The first-order chi connectivity index (χ1) is 8.81. The van der Waals surface area contributed by atoms with Crippen LogP contribution in [0.4, 0.5) is 0 Å². The highest BCUT2D eigenvalue weighted by molar-refractivity contribution is 4.61. The fourth-order valence-corrected chi connectivity index (χ4v) is 1.53. The van der Waals surface area contributed by atoms with E-state index in [2.05, 4.69) is 48.5 Å². The standard InChI is InChI=1S/C16H34O3/c1-8-9-16(17-10-13(2)3,18-11-14(4)5)19-12-15(6)7/h13-15H,8-12H2,1-7H3. The summed E-state index contributed by atoms with van der Waals surface area (Å²) in [7, 11) is 0. The first kappa shape index (κ1) is 18.9. The van der Waals surface area contributed by atoms with Crippen LogP contribution in [0.5, 0.6) is 0 Å². The van der Waals surface area contributed by atoms with Crippen molar-refractivity contribution in [2.45, 2.75) is 67.3 Å². The van der Waals surface area contributed by atoms with Crippen LogP contribution in [0.25, 0.3) is 0 Å². The fourth-order valence-electron chi connectivity index (χ4n) is 1.53. The molecule has 19 heavy (non-hydrogen) atoms. The van der Waals surface area contributed by atoms with E-state index in [0.29, 0.717) is 37.6 Å². The summed E-state index contributed by atoms with van der Waals surface area (Å²) in [5.74, 6) is 0.567. The quantitative estimate of drug-likeness (QED) is 0.521. The number of hydrogen-bond acceptors (Lipinski definition) is 3. The second-order valence-electron chi connectivity index (χ2n) is 6.55. The molecule has 0 saturated heterocycles. The van der Waals surface area contributed by atoms with Gasteiger partial charge in [-0.05, 0) is 24.2 Å². The summed E-state index contributed by atoms with van der Waals surface area (Å²) in [6, 6.07) is 0. The highest BCUT2D eigenvalue weighted by Gasteiger charge is 2.33. The van der Waals surface area contributed by atoms with Crippen LogP contribution in [0, 0.1) is 17.8 Å². The van der Waals surface area contributed by atoms with Gasteiger partial charge in [-0.3, -0.25) is 0 Å². The Balaban J connectivity index is 4.65. The van der Waals surface area contributed by atoms with Crippen LogP contribution in [-0.4, -0.2) is 25.8 Å². The molecule has 0 aromatic heterocycles. The Hall–Kier alpha value is -0.120. The van der Waals surface area contributed by atoms with Gasteiger partial charge < -0.3 is 14.2 Å². The Labute approximate surface area is 120 Å². The fraction of sp³-hybridized carbons (Fsp3) is 1.00. The van der Waals surface area contributed by atoms with E-state index >= 15 is 0 Å². The largest absolute Gasteiger partial charge is 0.327 e. The summed E-state index contributed by atoms with van der Waals surface area (Å²) in [4.78, 5) is 0. The number of ether oxygens (including phenoxy) is 3. The van der Waals surface area contributed by atoms with E-state index in [-0.39, 0.29) is 0 Å². The zero-order valence-corrected chi connectivity index (χ0v) is 14.0. The molecule has 0 amide bonds. The van der Waals surface area contributed by atoms with Crippen LogP contribution in [0.2, 0.25) is 0 Å². The molecule has 0 heterocycles. The maximum Gasteiger partial charge on any atom is 0.282 e. The highest BCUT2D eigenvalue weighted by atomic mass is 16.9. The van der Waals surface area contributed by atoms with Crippen molar-refractivity contribution >= 4 is 0 Å². The van der Waals surface area contributed by atoms with Crippen LogP contribution >= 0.6 is 0 Å². The molecule has 0 N–H and O–H groups in total. The van der Waals surface area contributed by atoms with E-state index in [9.17, 15) is 0 Å². The molecule has 0 atom stereocenters. The summed E-state index contributed by atoms with van der Waals surface area (Å²) < 4.78 is 18.0. The first-order valence-electron chi connectivity index (χ1n) is 7.73. The van der Waals surface area contributed by atoms with Gasteiger partial charge in [-0.15, -0.1) is 0 Å². The van der Waals surface area contributed by atoms with E-state index in [4.69, 9.17) is 14.2 Å². The zero-order chi connectivity index (χ0) is 14.9. The van der Waals surface area contributed by atoms with Crippen molar-refractivity contribution in [3.8, 4) is 0 Å². The SMILES string of the molecule is CCCC(OCC(C)C)(OCC(C)C)OCC(C)C. The average Bonchev–Trinajstić information content (AvgIpc) is 2.31. The molecule has 0 spiro atoms. The summed E-state index contributed by atoms with van der Waals surface area (Å²) >= 11 is 0. The summed E-state index contributed by atoms with van der Waals surface area (Å²) in [6.45, 7) is 17.0. The molecule has 0 aromatic carbocycles. The van der Waals surface area contributed by atoms with Crippen molar-refractivity contribution in [3.63, 3.8) is 0 Å². The third-order valence-corrected chi connectivity index (χ3v) is 2.47. The molecular weight excluding hydrogens is 240 g/mol. The minimum atomic E-state index is -0.854. The Kier molecular flexibility index (Phi) is 9.67. The Bertz CT molecular complexity index is 181. The topological polar surface area (TPSA) is 27.7 Å². The van der Waals surface area contributed by atoms with Gasteiger partial charge in [0.1, 0.15) is 0 Å². The van der Waals surface area contributed by atoms with Crippen LogP contribution < -0.4 is 0 Å². The third-order valence-electron chi connectivity index (χ3n) is 2.47. The molecule has 3 nitrogen and oxygen atoms in total. The van der Waals surface area contributed by atoms with Gasteiger partial charge >= 0.3 is 0 Å². The predicted octanol–water partition coefficient (Wildman–Crippen LogP) is 4.46. The first-order valence-corrected chi connectivity index (χ1v) is 7.73. The molecule has 0 radical (unpaired) electrons. The molecule has 0 rings (SSSR count). The lowest BCUT2D eigenvalue weighted by Crippen LogP contribution is -2.42. The number of hydrogen-bond donors (Lipinski definition) is 0. The third kappa shape index (κ3) is 9.42. The Morgan fingerprint density at radius 1 is 0.684 bits per heavy atom. The van der Waals surface area contributed by atoms with E-state index in [1.807, 2.05) is 0 Å². The maximum atomic E-state index is 5.99. The molecular formula is C16H34O3. The van der Waals surface area contributed by atoms with Gasteiger partial charge in [0.05, 0.1) is 19.8 Å². The van der Waals surface area contributed by atoms with Crippen molar-refractivity contribution in [3.05, 3.63) is 0 Å². The van der Waals surface area contributed by atoms with Gasteiger partial charge in [0.15, 0.2) is 0 Å². The smallest absolute Gasteiger partial charge is 0.282 e. The normalized spacial score (nSPS) is 12.9. The second kappa shape index (κ2) is 9.73.